The molecule has 0 unspecified atom stereocenters. The molecule has 0 bridgehead atoms. The van der Waals surface area contributed by atoms with Crippen LogP contribution in [0.2, 0.25) is 0 Å². The third-order valence-corrected chi connectivity index (χ3v) is 4.70. The normalized spacial score (nSPS) is 12.5. The Kier molecular flexibility index (Phi) is 4.94. The Bertz CT molecular complexity index is 471. The fourth-order valence-electron chi connectivity index (χ4n) is 1.91. The number of nitrogens with one attached hydrogen (secondary N) is 1. The monoisotopic (exact) mass is 283 g/mol. The number of carbonyl (C=O) groups is 1. The van der Waals surface area contributed by atoms with Crippen molar-refractivity contribution in [2.45, 2.75) is 46.1 Å². The number of rotatable bonds is 5. The predicted molar refractivity (Wildman–Crippen MR) is 78.0 cm³/mol. The second-order valence-corrected chi connectivity index (χ2v) is 5.83. The fraction of sp³-hybridized carbons (Fsp3) is 0.538. The highest BCUT2D eigenvalue weighted by Gasteiger charge is 2.33. The summed E-state index contributed by atoms with van der Waals surface area (Å²) in [6, 6.07) is 1.86. The standard InChI is InChI=1S/C13H21N3O2S/c1-5-13(6-2,12(14)16-18)15-11(17)10-7-8(3)9(4)19-10/h7,18H,5-6H2,1-4H3,(H2,14,16)(H,15,17). The lowest BCUT2D eigenvalue weighted by atomic mass is 9.91. The first-order valence-electron chi connectivity index (χ1n) is 6.27. The zero-order valence-electron chi connectivity index (χ0n) is 11.8. The number of aryl methyl sites for hydroxylation is 2. The highest BCUT2D eigenvalue weighted by Crippen LogP contribution is 2.22. The number of amides is 1. The van der Waals surface area contributed by atoms with Crippen LogP contribution in [0.5, 0.6) is 0 Å². The number of carbonyl (C=O) groups excluding carboxylic acids is 1. The van der Waals surface area contributed by atoms with Crippen LogP contribution in [-0.2, 0) is 0 Å². The van der Waals surface area contributed by atoms with Crippen LogP contribution in [0.4, 0.5) is 0 Å². The molecule has 1 amide bonds. The number of hydrogen-bond donors (Lipinski definition) is 3. The van der Waals surface area contributed by atoms with Gasteiger partial charge in [0, 0.05) is 4.88 Å². The van der Waals surface area contributed by atoms with Gasteiger partial charge in [0.2, 0.25) is 0 Å². The Morgan fingerprint density at radius 1 is 1.47 bits per heavy atom. The van der Waals surface area contributed by atoms with Gasteiger partial charge in [-0.15, -0.1) is 11.3 Å². The number of nitrogens with two attached hydrogens (primary N) is 1. The molecule has 0 spiro atoms. The summed E-state index contributed by atoms with van der Waals surface area (Å²) in [5.74, 6) is -0.146. The predicted octanol–water partition coefficient (Wildman–Crippen LogP) is 2.40. The minimum Gasteiger partial charge on any atom is -0.409 e. The molecule has 19 heavy (non-hydrogen) atoms. The molecule has 1 heterocycles. The maximum atomic E-state index is 12.3. The van der Waals surface area contributed by atoms with E-state index in [2.05, 4.69) is 10.5 Å². The molecular weight excluding hydrogens is 262 g/mol. The van der Waals surface area contributed by atoms with E-state index in [9.17, 15) is 4.79 Å². The molecule has 1 aromatic heterocycles. The van der Waals surface area contributed by atoms with Gasteiger partial charge in [0.15, 0.2) is 5.84 Å². The van der Waals surface area contributed by atoms with Crippen molar-refractivity contribution in [3.05, 3.63) is 21.4 Å². The Hall–Kier alpha value is -1.56. The van der Waals surface area contributed by atoms with E-state index in [0.717, 1.165) is 10.4 Å². The zero-order chi connectivity index (χ0) is 14.6. The van der Waals surface area contributed by atoms with Gasteiger partial charge in [-0.25, -0.2) is 0 Å². The van der Waals surface area contributed by atoms with E-state index in [1.165, 1.54) is 11.3 Å². The highest BCUT2D eigenvalue weighted by molar-refractivity contribution is 7.14. The summed E-state index contributed by atoms with van der Waals surface area (Å²) in [4.78, 5) is 14.0. The maximum Gasteiger partial charge on any atom is 0.262 e. The van der Waals surface area contributed by atoms with Crippen molar-refractivity contribution in [2.75, 3.05) is 0 Å². The third kappa shape index (κ3) is 3.07. The van der Waals surface area contributed by atoms with Gasteiger partial charge in [-0.3, -0.25) is 4.79 Å². The van der Waals surface area contributed by atoms with Crippen molar-refractivity contribution in [1.29, 1.82) is 0 Å². The molecule has 0 radical (unpaired) electrons. The Labute approximate surface area is 117 Å². The number of thiophene rings is 1. The topological polar surface area (TPSA) is 87.7 Å². The van der Waals surface area contributed by atoms with Crippen LogP contribution in [0, 0.1) is 13.8 Å². The first-order valence-corrected chi connectivity index (χ1v) is 7.09. The molecule has 106 valence electrons. The molecule has 0 aliphatic rings. The summed E-state index contributed by atoms with van der Waals surface area (Å²) in [6.45, 7) is 7.74. The second kappa shape index (κ2) is 6.06. The average Bonchev–Trinajstić information content (AvgIpc) is 2.75. The average molecular weight is 283 g/mol. The van der Waals surface area contributed by atoms with E-state index in [0.29, 0.717) is 17.7 Å². The van der Waals surface area contributed by atoms with Crippen LogP contribution in [-0.4, -0.2) is 22.5 Å². The van der Waals surface area contributed by atoms with E-state index in [-0.39, 0.29) is 11.7 Å². The largest absolute Gasteiger partial charge is 0.409 e. The van der Waals surface area contributed by atoms with E-state index < -0.39 is 5.54 Å². The molecule has 0 aliphatic heterocycles. The second-order valence-electron chi connectivity index (χ2n) is 4.58. The van der Waals surface area contributed by atoms with Gasteiger partial charge in [0.25, 0.3) is 5.91 Å². The summed E-state index contributed by atoms with van der Waals surface area (Å²) in [6.07, 6.45) is 1.13. The SMILES string of the molecule is CCC(CC)(NC(=O)c1cc(C)c(C)s1)C(N)=NO. The molecule has 1 rings (SSSR count). The Morgan fingerprint density at radius 2 is 2.05 bits per heavy atom. The first-order chi connectivity index (χ1) is 8.90. The molecule has 1 aromatic rings. The Balaban J connectivity index is 3.00. The lowest BCUT2D eigenvalue weighted by Crippen LogP contribution is -2.56. The van der Waals surface area contributed by atoms with Crippen molar-refractivity contribution in [3.63, 3.8) is 0 Å². The summed E-state index contributed by atoms with van der Waals surface area (Å²) >= 11 is 1.45. The molecule has 6 heteroatoms. The van der Waals surface area contributed by atoms with Gasteiger partial charge in [0.1, 0.15) is 5.54 Å². The molecule has 0 saturated carbocycles. The van der Waals surface area contributed by atoms with Gasteiger partial charge in [0.05, 0.1) is 4.88 Å². The first kappa shape index (κ1) is 15.5. The Morgan fingerprint density at radius 3 is 2.42 bits per heavy atom. The van der Waals surface area contributed by atoms with E-state index >= 15 is 0 Å². The maximum absolute atomic E-state index is 12.3. The molecular formula is C13H21N3O2S. The van der Waals surface area contributed by atoms with Gasteiger partial charge in [-0.05, 0) is 38.3 Å². The van der Waals surface area contributed by atoms with Crippen LogP contribution in [0.3, 0.4) is 0 Å². The van der Waals surface area contributed by atoms with Crippen LogP contribution < -0.4 is 11.1 Å². The number of oxime groups is 1. The fourth-order valence-corrected chi connectivity index (χ4v) is 2.84. The van der Waals surface area contributed by atoms with Crippen molar-refractivity contribution < 1.29 is 10.0 Å². The lowest BCUT2D eigenvalue weighted by molar-refractivity contribution is 0.0922. The van der Waals surface area contributed by atoms with E-state index in [1.54, 1.807) is 0 Å². The summed E-state index contributed by atoms with van der Waals surface area (Å²) < 4.78 is 0. The van der Waals surface area contributed by atoms with E-state index in [1.807, 2.05) is 33.8 Å². The molecule has 0 saturated heterocycles. The smallest absolute Gasteiger partial charge is 0.262 e. The van der Waals surface area contributed by atoms with Crippen LogP contribution >= 0.6 is 11.3 Å². The van der Waals surface area contributed by atoms with Gasteiger partial charge in [-0.1, -0.05) is 19.0 Å². The van der Waals surface area contributed by atoms with E-state index in [4.69, 9.17) is 10.9 Å². The quantitative estimate of drug-likeness (QED) is 0.335. The molecule has 0 aliphatic carbocycles. The van der Waals surface area contributed by atoms with Gasteiger partial charge >= 0.3 is 0 Å². The van der Waals surface area contributed by atoms with Crippen molar-refractivity contribution in [2.24, 2.45) is 10.9 Å². The van der Waals surface area contributed by atoms with Crippen LogP contribution in [0.15, 0.2) is 11.2 Å². The number of hydrogen-bond acceptors (Lipinski definition) is 4. The minimum atomic E-state index is -0.794. The summed E-state index contributed by atoms with van der Waals surface area (Å²) in [5.41, 5.74) is 6.02. The van der Waals surface area contributed by atoms with Crippen molar-refractivity contribution in [1.82, 2.24) is 5.32 Å². The lowest BCUT2D eigenvalue weighted by Gasteiger charge is -2.31. The molecule has 4 N–H and O–H groups in total. The van der Waals surface area contributed by atoms with Crippen LogP contribution in [0.1, 0.15) is 46.8 Å². The third-order valence-electron chi connectivity index (χ3n) is 3.55. The van der Waals surface area contributed by atoms with Gasteiger partial charge < -0.3 is 16.3 Å². The van der Waals surface area contributed by atoms with Gasteiger partial charge in [-0.2, -0.15) is 0 Å². The summed E-state index contributed by atoms with van der Waals surface area (Å²) in [7, 11) is 0. The molecule has 0 aromatic carbocycles. The molecule has 5 nitrogen and oxygen atoms in total. The number of amidine groups is 1. The summed E-state index contributed by atoms with van der Waals surface area (Å²) in [5, 5.41) is 14.8. The zero-order valence-corrected chi connectivity index (χ0v) is 12.6. The highest BCUT2D eigenvalue weighted by atomic mass is 32.1. The van der Waals surface area contributed by atoms with Crippen molar-refractivity contribution >= 4 is 23.1 Å². The molecule has 0 atom stereocenters. The van der Waals surface area contributed by atoms with Crippen LogP contribution in [0.25, 0.3) is 0 Å². The molecule has 0 fully saturated rings. The number of nitrogens with zero attached hydrogens (tertiary/aromatic N) is 1. The van der Waals surface area contributed by atoms with Crippen molar-refractivity contribution in [3.8, 4) is 0 Å². The minimum absolute atomic E-state index is 0.0378.